The molecular weight excluding hydrogens is 270 g/mol. The van der Waals surface area contributed by atoms with Gasteiger partial charge in [-0.2, -0.15) is 5.10 Å². The molecule has 0 aliphatic carbocycles. The number of nitrogens with zero attached hydrogens (tertiary/aromatic N) is 3. The minimum Gasteiger partial charge on any atom is -0.268 e. The van der Waals surface area contributed by atoms with Gasteiger partial charge >= 0.3 is 0 Å². The molecule has 0 aliphatic rings. The summed E-state index contributed by atoms with van der Waals surface area (Å²) in [7, 11) is 0. The average Bonchev–Trinajstić information content (AvgIpc) is 3.05. The molecule has 22 heavy (non-hydrogen) atoms. The van der Waals surface area contributed by atoms with Crippen molar-refractivity contribution in [3.05, 3.63) is 84.7 Å². The van der Waals surface area contributed by atoms with E-state index in [1.807, 2.05) is 35.1 Å². The third-order valence-corrected chi connectivity index (χ3v) is 3.78. The topological polar surface area (TPSA) is 30.7 Å². The van der Waals surface area contributed by atoms with Crippen LogP contribution in [0.2, 0.25) is 0 Å². The van der Waals surface area contributed by atoms with Crippen molar-refractivity contribution in [2.75, 3.05) is 0 Å². The van der Waals surface area contributed by atoms with Crippen LogP contribution in [0.15, 0.2) is 79.1 Å². The quantitative estimate of drug-likeness (QED) is 0.566. The Bertz CT molecular complexity index is 905. The fraction of sp³-hybridized carbons (Fsp3) is 0.0526. The molecule has 0 unspecified atom stereocenters. The first-order valence-electron chi connectivity index (χ1n) is 7.32. The van der Waals surface area contributed by atoms with Crippen LogP contribution in [0.5, 0.6) is 0 Å². The Kier molecular flexibility index (Phi) is 3.16. The molecule has 4 aromatic rings. The van der Waals surface area contributed by atoms with Gasteiger partial charge in [-0.3, -0.25) is 9.67 Å². The van der Waals surface area contributed by atoms with Crippen molar-refractivity contribution < 1.29 is 0 Å². The van der Waals surface area contributed by atoms with Gasteiger partial charge in [-0.15, -0.1) is 0 Å². The summed E-state index contributed by atoms with van der Waals surface area (Å²) in [6, 6.07) is 22.7. The van der Waals surface area contributed by atoms with Crippen LogP contribution in [0, 0.1) is 0 Å². The lowest BCUT2D eigenvalue weighted by atomic mass is 10.0. The van der Waals surface area contributed by atoms with E-state index < -0.39 is 0 Å². The van der Waals surface area contributed by atoms with Crippen molar-refractivity contribution >= 4 is 10.8 Å². The van der Waals surface area contributed by atoms with Gasteiger partial charge in [0.15, 0.2) is 0 Å². The second-order valence-corrected chi connectivity index (χ2v) is 5.25. The molecule has 0 spiro atoms. The van der Waals surface area contributed by atoms with Gasteiger partial charge in [-0.05, 0) is 34.5 Å². The fourth-order valence-electron chi connectivity index (χ4n) is 2.71. The van der Waals surface area contributed by atoms with Crippen molar-refractivity contribution in [3.8, 4) is 11.4 Å². The van der Waals surface area contributed by atoms with E-state index in [1.165, 1.54) is 16.3 Å². The van der Waals surface area contributed by atoms with E-state index in [-0.39, 0.29) is 0 Å². The molecule has 0 N–H and O–H groups in total. The fourth-order valence-corrected chi connectivity index (χ4v) is 2.71. The molecule has 3 nitrogen and oxygen atoms in total. The predicted octanol–water partition coefficient (Wildman–Crippen LogP) is 4.15. The summed E-state index contributed by atoms with van der Waals surface area (Å²) in [5.41, 5.74) is 3.08. The summed E-state index contributed by atoms with van der Waals surface area (Å²) in [6.45, 7) is 0.758. The van der Waals surface area contributed by atoms with Crippen molar-refractivity contribution in [2.45, 2.75) is 6.54 Å². The van der Waals surface area contributed by atoms with Crippen LogP contribution >= 0.6 is 0 Å². The monoisotopic (exact) mass is 285 g/mol. The van der Waals surface area contributed by atoms with Crippen molar-refractivity contribution in [3.63, 3.8) is 0 Å². The summed E-state index contributed by atoms with van der Waals surface area (Å²) in [5.74, 6) is 0. The van der Waals surface area contributed by atoms with E-state index >= 15 is 0 Å². The maximum absolute atomic E-state index is 4.64. The highest BCUT2D eigenvalue weighted by molar-refractivity contribution is 5.85. The Hall–Kier alpha value is -2.94. The molecule has 2 aromatic carbocycles. The van der Waals surface area contributed by atoms with Gasteiger partial charge in [0.25, 0.3) is 0 Å². The Labute approximate surface area is 128 Å². The summed E-state index contributed by atoms with van der Waals surface area (Å²) in [5, 5.41) is 7.18. The molecule has 0 saturated carbocycles. The lowest BCUT2D eigenvalue weighted by Crippen LogP contribution is -2.01. The van der Waals surface area contributed by atoms with Crippen LogP contribution in [-0.2, 0) is 6.54 Å². The van der Waals surface area contributed by atoms with Gasteiger partial charge < -0.3 is 0 Å². The molecule has 0 aliphatic heterocycles. The molecule has 0 bridgehead atoms. The third-order valence-electron chi connectivity index (χ3n) is 3.78. The van der Waals surface area contributed by atoms with Crippen LogP contribution in [0.3, 0.4) is 0 Å². The highest BCUT2D eigenvalue weighted by Crippen LogP contribution is 2.20. The predicted molar refractivity (Wildman–Crippen MR) is 88.5 cm³/mol. The van der Waals surface area contributed by atoms with E-state index in [1.54, 1.807) is 6.20 Å². The van der Waals surface area contributed by atoms with Gasteiger partial charge in [0, 0.05) is 12.4 Å². The number of fused-ring (bicyclic) bond motifs is 1. The summed E-state index contributed by atoms with van der Waals surface area (Å²) in [4.78, 5) is 4.34. The summed E-state index contributed by atoms with van der Waals surface area (Å²) < 4.78 is 1.96. The summed E-state index contributed by atoms with van der Waals surface area (Å²) >= 11 is 0. The molecule has 2 heterocycles. The summed E-state index contributed by atoms with van der Waals surface area (Å²) in [6.07, 6.45) is 3.80. The standard InChI is InChI=1S/C19H15N3/c1-2-9-17-15(6-1)7-5-8-16(17)14-22-13-11-19(21-22)18-10-3-4-12-20-18/h1-13H,14H2. The first-order valence-corrected chi connectivity index (χ1v) is 7.32. The van der Waals surface area contributed by atoms with Crippen LogP contribution in [0.1, 0.15) is 5.56 Å². The third kappa shape index (κ3) is 2.37. The van der Waals surface area contributed by atoms with Gasteiger partial charge in [-0.25, -0.2) is 0 Å². The number of rotatable bonds is 3. The van der Waals surface area contributed by atoms with E-state index in [4.69, 9.17) is 0 Å². The normalized spacial score (nSPS) is 10.9. The number of hydrogen-bond acceptors (Lipinski definition) is 2. The molecule has 0 fully saturated rings. The van der Waals surface area contributed by atoms with Crippen LogP contribution in [0.25, 0.3) is 22.2 Å². The zero-order valence-electron chi connectivity index (χ0n) is 12.1. The van der Waals surface area contributed by atoms with Crippen LogP contribution in [-0.4, -0.2) is 14.8 Å². The average molecular weight is 285 g/mol. The van der Waals surface area contributed by atoms with Gasteiger partial charge in [-0.1, -0.05) is 48.5 Å². The van der Waals surface area contributed by atoms with Crippen LogP contribution < -0.4 is 0 Å². The van der Waals surface area contributed by atoms with E-state index in [2.05, 4.69) is 52.5 Å². The molecule has 0 saturated heterocycles. The molecule has 2 aromatic heterocycles. The minimum absolute atomic E-state index is 0.758. The van der Waals surface area contributed by atoms with Crippen molar-refractivity contribution in [1.29, 1.82) is 0 Å². The first kappa shape index (κ1) is 12.8. The Morgan fingerprint density at radius 2 is 1.64 bits per heavy atom. The van der Waals surface area contributed by atoms with Gasteiger partial charge in [0.1, 0.15) is 5.69 Å². The first-order chi connectivity index (χ1) is 10.9. The molecule has 4 rings (SSSR count). The van der Waals surface area contributed by atoms with Crippen LogP contribution in [0.4, 0.5) is 0 Å². The molecule has 0 atom stereocenters. The SMILES string of the molecule is c1ccc(-c2ccn(Cc3cccc4ccccc34)n2)nc1. The minimum atomic E-state index is 0.758. The highest BCUT2D eigenvalue weighted by Gasteiger charge is 2.05. The second kappa shape index (κ2) is 5.45. The number of pyridine rings is 1. The number of aromatic nitrogens is 3. The largest absolute Gasteiger partial charge is 0.268 e. The van der Waals surface area contributed by atoms with Crippen molar-refractivity contribution in [2.24, 2.45) is 0 Å². The lowest BCUT2D eigenvalue weighted by Gasteiger charge is -2.06. The van der Waals surface area contributed by atoms with E-state index in [9.17, 15) is 0 Å². The Balaban J connectivity index is 1.68. The highest BCUT2D eigenvalue weighted by atomic mass is 15.3. The molecule has 0 amide bonds. The zero-order chi connectivity index (χ0) is 14.8. The van der Waals surface area contributed by atoms with E-state index in [0.717, 1.165) is 17.9 Å². The van der Waals surface area contributed by atoms with Gasteiger partial charge in [0.05, 0.1) is 12.2 Å². The Morgan fingerprint density at radius 1 is 0.773 bits per heavy atom. The Morgan fingerprint density at radius 3 is 2.55 bits per heavy atom. The lowest BCUT2D eigenvalue weighted by molar-refractivity contribution is 0.692. The van der Waals surface area contributed by atoms with Crippen molar-refractivity contribution in [1.82, 2.24) is 14.8 Å². The second-order valence-electron chi connectivity index (χ2n) is 5.25. The molecule has 0 radical (unpaired) electrons. The zero-order valence-corrected chi connectivity index (χ0v) is 12.1. The van der Waals surface area contributed by atoms with E-state index in [0.29, 0.717) is 0 Å². The molecule has 3 heteroatoms. The smallest absolute Gasteiger partial charge is 0.111 e. The maximum Gasteiger partial charge on any atom is 0.111 e. The molecular formula is C19H15N3. The molecule has 106 valence electrons. The number of hydrogen-bond donors (Lipinski definition) is 0. The maximum atomic E-state index is 4.64. The van der Waals surface area contributed by atoms with Gasteiger partial charge in [0.2, 0.25) is 0 Å². The number of benzene rings is 2.